The molecule has 0 bridgehead atoms. The van der Waals surface area contributed by atoms with Gasteiger partial charge < -0.3 is 5.11 Å². The van der Waals surface area contributed by atoms with E-state index in [2.05, 4.69) is 10.3 Å². The standard InChI is InChI=1S/C7H5N3O2S/c11-7(12)6-3-10(9-8-6)5-1-2-13-4-5/h1-4H,(H,11,12). The molecule has 0 aliphatic heterocycles. The fourth-order valence-corrected chi connectivity index (χ4v) is 1.50. The van der Waals surface area contributed by atoms with Crippen LogP contribution in [0.4, 0.5) is 0 Å². The van der Waals surface area contributed by atoms with Gasteiger partial charge in [0.2, 0.25) is 0 Å². The van der Waals surface area contributed by atoms with Gasteiger partial charge in [-0.05, 0) is 11.4 Å². The third kappa shape index (κ3) is 1.43. The highest BCUT2D eigenvalue weighted by molar-refractivity contribution is 7.08. The molecule has 1 N–H and O–H groups in total. The Balaban J connectivity index is 2.39. The van der Waals surface area contributed by atoms with Crippen LogP contribution in [-0.4, -0.2) is 26.1 Å². The van der Waals surface area contributed by atoms with E-state index >= 15 is 0 Å². The Labute approximate surface area is 77.2 Å². The molecule has 0 radical (unpaired) electrons. The molecule has 0 aliphatic rings. The van der Waals surface area contributed by atoms with E-state index in [1.165, 1.54) is 22.2 Å². The molecular weight excluding hydrogens is 190 g/mol. The summed E-state index contributed by atoms with van der Waals surface area (Å²) in [6.45, 7) is 0. The number of carboxylic acid groups (broad SMARTS) is 1. The zero-order valence-electron chi connectivity index (χ0n) is 6.41. The summed E-state index contributed by atoms with van der Waals surface area (Å²) < 4.78 is 1.43. The zero-order valence-corrected chi connectivity index (χ0v) is 7.23. The largest absolute Gasteiger partial charge is 0.476 e. The molecule has 2 aromatic heterocycles. The molecule has 6 heteroatoms. The second-order valence-corrected chi connectivity index (χ2v) is 3.12. The van der Waals surface area contributed by atoms with Crippen LogP contribution in [0.25, 0.3) is 5.69 Å². The molecule has 0 fully saturated rings. The van der Waals surface area contributed by atoms with Gasteiger partial charge in [-0.3, -0.25) is 0 Å². The Bertz CT molecular complexity index is 421. The molecule has 5 nitrogen and oxygen atoms in total. The van der Waals surface area contributed by atoms with Crippen molar-refractivity contribution in [1.29, 1.82) is 0 Å². The second kappa shape index (κ2) is 2.98. The lowest BCUT2D eigenvalue weighted by Gasteiger charge is -1.90. The van der Waals surface area contributed by atoms with Gasteiger partial charge >= 0.3 is 5.97 Å². The molecule has 2 aromatic rings. The van der Waals surface area contributed by atoms with E-state index in [1.807, 2.05) is 16.8 Å². The van der Waals surface area contributed by atoms with Crippen molar-refractivity contribution in [3.05, 3.63) is 28.7 Å². The number of aromatic carboxylic acids is 1. The molecule has 0 atom stereocenters. The number of nitrogens with zero attached hydrogens (tertiary/aromatic N) is 3. The average Bonchev–Trinajstić information content (AvgIpc) is 2.75. The molecule has 0 unspecified atom stereocenters. The summed E-state index contributed by atoms with van der Waals surface area (Å²) in [4.78, 5) is 10.5. The molecule has 0 saturated carbocycles. The molecule has 0 spiro atoms. The molecule has 0 aliphatic carbocycles. The number of hydrogen-bond acceptors (Lipinski definition) is 4. The van der Waals surface area contributed by atoms with E-state index in [0.29, 0.717) is 0 Å². The van der Waals surface area contributed by atoms with Gasteiger partial charge in [0.25, 0.3) is 0 Å². The van der Waals surface area contributed by atoms with E-state index in [9.17, 15) is 4.79 Å². The number of aromatic nitrogens is 3. The van der Waals surface area contributed by atoms with Gasteiger partial charge in [0.05, 0.1) is 11.9 Å². The normalized spacial score (nSPS) is 10.2. The maximum Gasteiger partial charge on any atom is 0.358 e. The van der Waals surface area contributed by atoms with Gasteiger partial charge in [-0.15, -0.1) is 5.10 Å². The van der Waals surface area contributed by atoms with Gasteiger partial charge in [0, 0.05) is 5.38 Å². The third-order valence-corrected chi connectivity index (χ3v) is 2.15. The van der Waals surface area contributed by atoms with Crippen molar-refractivity contribution in [3.63, 3.8) is 0 Å². The molecule has 2 heterocycles. The molecule has 13 heavy (non-hydrogen) atoms. The topological polar surface area (TPSA) is 68.0 Å². The summed E-state index contributed by atoms with van der Waals surface area (Å²) in [5.74, 6) is -1.07. The van der Waals surface area contributed by atoms with Crippen molar-refractivity contribution in [3.8, 4) is 5.69 Å². The number of rotatable bonds is 2. The lowest BCUT2D eigenvalue weighted by Crippen LogP contribution is -1.95. The molecule has 0 aromatic carbocycles. The Morgan fingerprint density at radius 3 is 3.00 bits per heavy atom. The van der Waals surface area contributed by atoms with Crippen LogP contribution in [0.1, 0.15) is 10.5 Å². The molecule has 0 amide bonds. The Hall–Kier alpha value is -1.69. The van der Waals surface area contributed by atoms with Gasteiger partial charge in [-0.2, -0.15) is 11.3 Å². The van der Waals surface area contributed by atoms with E-state index in [1.54, 1.807) is 0 Å². The zero-order chi connectivity index (χ0) is 9.26. The number of thiophene rings is 1. The van der Waals surface area contributed by atoms with Gasteiger partial charge in [-0.25, -0.2) is 9.48 Å². The first-order valence-corrected chi connectivity index (χ1v) is 4.40. The number of carboxylic acids is 1. The third-order valence-electron chi connectivity index (χ3n) is 1.48. The highest BCUT2D eigenvalue weighted by Gasteiger charge is 2.08. The molecular formula is C7H5N3O2S. The van der Waals surface area contributed by atoms with Crippen LogP contribution in [-0.2, 0) is 0 Å². The van der Waals surface area contributed by atoms with Crippen LogP contribution in [0, 0.1) is 0 Å². The van der Waals surface area contributed by atoms with Crippen molar-refractivity contribution in [2.75, 3.05) is 0 Å². The first-order chi connectivity index (χ1) is 6.27. The monoisotopic (exact) mass is 195 g/mol. The first-order valence-electron chi connectivity index (χ1n) is 3.45. The highest BCUT2D eigenvalue weighted by Crippen LogP contribution is 2.10. The second-order valence-electron chi connectivity index (χ2n) is 2.34. The van der Waals surface area contributed by atoms with Crippen molar-refractivity contribution in [1.82, 2.24) is 15.0 Å². The summed E-state index contributed by atoms with van der Waals surface area (Å²) in [5, 5.41) is 19.5. The summed E-state index contributed by atoms with van der Waals surface area (Å²) in [6.07, 6.45) is 1.38. The lowest BCUT2D eigenvalue weighted by atomic mass is 10.5. The smallest absolute Gasteiger partial charge is 0.358 e. The minimum absolute atomic E-state index is 0.0498. The van der Waals surface area contributed by atoms with Crippen molar-refractivity contribution >= 4 is 17.3 Å². The van der Waals surface area contributed by atoms with Gasteiger partial charge in [-0.1, -0.05) is 5.21 Å². The maximum absolute atomic E-state index is 10.5. The van der Waals surface area contributed by atoms with Crippen molar-refractivity contribution in [2.24, 2.45) is 0 Å². The van der Waals surface area contributed by atoms with E-state index < -0.39 is 5.97 Å². The van der Waals surface area contributed by atoms with Crippen LogP contribution < -0.4 is 0 Å². The fourth-order valence-electron chi connectivity index (χ4n) is 0.876. The fraction of sp³-hybridized carbons (Fsp3) is 0. The van der Waals surface area contributed by atoms with Crippen LogP contribution in [0.2, 0.25) is 0 Å². The SMILES string of the molecule is O=C(O)c1cn(-c2ccsc2)nn1. The summed E-state index contributed by atoms with van der Waals surface area (Å²) in [6, 6.07) is 1.84. The first kappa shape index (κ1) is 7.93. The Morgan fingerprint density at radius 1 is 1.62 bits per heavy atom. The average molecular weight is 195 g/mol. The summed E-state index contributed by atoms with van der Waals surface area (Å²) in [7, 11) is 0. The lowest BCUT2D eigenvalue weighted by molar-refractivity contribution is 0.0690. The van der Waals surface area contributed by atoms with Gasteiger partial charge in [0.15, 0.2) is 5.69 Å². The number of carbonyl (C=O) groups is 1. The number of hydrogen-bond donors (Lipinski definition) is 1. The summed E-state index contributed by atoms with van der Waals surface area (Å²) in [5.41, 5.74) is 0.774. The Morgan fingerprint density at radius 2 is 2.46 bits per heavy atom. The summed E-state index contributed by atoms with van der Waals surface area (Å²) >= 11 is 1.52. The van der Waals surface area contributed by atoms with E-state index in [4.69, 9.17) is 5.11 Å². The predicted octanol–water partition coefficient (Wildman–Crippen LogP) is 1.03. The van der Waals surface area contributed by atoms with Crippen LogP contribution >= 0.6 is 11.3 Å². The molecule has 2 rings (SSSR count). The van der Waals surface area contributed by atoms with E-state index in [-0.39, 0.29) is 5.69 Å². The molecule has 66 valence electrons. The van der Waals surface area contributed by atoms with Crippen LogP contribution in [0.3, 0.4) is 0 Å². The maximum atomic E-state index is 10.5. The van der Waals surface area contributed by atoms with E-state index in [0.717, 1.165) is 5.69 Å². The minimum Gasteiger partial charge on any atom is -0.476 e. The quantitative estimate of drug-likeness (QED) is 0.777. The van der Waals surface area contributed by atoms with Gasteiger partial charge in [0.1, 0.15) is 0 Å². The Kier molecular flexibility index (Phi) is 1.82. The van der Waals surface area contributed by atoms with Crippen molar-refractivity contribution < 1.29 is 9.90 Å². The minimum atomic E-state index is -1.07. The van der Waals surface area contributed by atoms with Crippen LogP contribution in [0.15, 0.2) is 23.0 Å². The van der Waals surface area contributed by atoms with Crippen molar-refractivity contribution in [2.45, 2.75) is 0 Å². The molecule has 0 saturated heterocycles. The van der Waals surface area contributed by atoms with Crippen LogP contribution in [0.5, 0.6) is 0 Å². The predicted molar refractivity (Wildman–Crippen MR) is 46.2 cm³/mol. The highest BCUT2D eigenvalue weighted by atomic mass is 32.1.